The number of hydrogen-bond acceptors (Lipinski definition) is 7. The van der Waals surface area contributed by atoms with E-state index in [1.165, 1.54) is 18.2 Å². The summed E-state index contributed by atoms with van der Waals surface area (Å²) in [4.78, 5) is 10.2. The molecule has 0 aliphatic carbocycles. The van der Waals surface area contributed by atoms with E-state index in [0.717, 1.165) is 5.75 Å². The molecule has 10 heteroatoms. The molecule has 46 heavy (non-hydrogen) atoms. The van der Waals surface area contributed by atoms with Gasteiger partial charge in [0.1, 0.15) is 46.0 Å². The van der Waals surface area contributed by atoms with Crippen molar-refractivity contribution in [1.29, 1.82) is 0 Å². The summed E-state index contributed by atoms with van der Waals surface area (Å²) in [6.45, 7) is 0. The van der Waals surface area contributed by atoms with Crippen molar-refractivity contribution in [3.8, 4) is 46.0 Å². The van der Waals surface area contributed by atoms with Gasteiger partial charge < -0.3 is 24.7 Å². The maximum absolute atomic E-state index is 10.7. The van der Waals surface area contributed by atoms with Gasteiger partial charge in [-0.2, -0.15) is 0 Å². The third-order valence-corrected chi connectivity index (χ3v) is 6.70. The molecule has 6 rings (SSSR count). The predicted octanol–water partition coefficient (Wildman–Crippen LogP) is 11.3. The number of ether oxygens (including phenoxy) is 4. The molecule has 0 amide bonds. The lowest BCUT2D eigenvalue weighted by molar-refractivity contribution is -0.384. The number of anilines is 1. The summed E-state index contributed by atoms with van der Waals surface area (Å²) in [7, 11) is 0. The Morgan fingerprint density at radius 3 is 1.33 bits per heavy atom. The minimum atomic E-state index is -0.510. The van der Waals surface area contributed by atoms with Gasteiger partial charge in [-0.15, -0.1) is 0 Å². The second-order valence-corrected chi connectivity index (χ2v) is 10.4. The summed E-state index contributed by atoms with van der Waals surface area (Å²) in [6.07, 6.45) is 0. The van der Waals surface area contributed by atoms with Crippen molar-refractivity contribution in [1.82, 2.24) is 0 Å². The standard InChI is InChI=1S/C18H12ClNO4.C18H14ClNO2/c19-17-11-13(20(21)22)9-10-18(17)24-16-8-4-7-15(12-16)23-14-5-2-1-3-6-14;19-17-11-13(20)9-10-18(17)22-16-8-4-7-15(12-16)21-14-5-2-1-3-6-14/h1-12H;1-12H,20H2. The van der Waals surface area contributed by atoms with Crippen LogP contribution in [0.15, 0.2) is 146 Å². The predicted molar refractivity (Wildman–Crippen MR) is 180 cm³/mol. The molecule has 0 aliphatic rings. The Kier molecular flexibility index (Phi) is 10.6. The molecule has 2 N–H and O–H groups in total. The summed E-state index contributed by atoms with van der Waals surface area (Å²) in [6, 6.07) is 42.5. The van der Waals surface area contributed by atoms with E-state index in [2.05, 4.69) is 0 Å². The number of benzene rings is 6. The largest absolute Gasteiger partial charge is 0.457 e. The fourth-order valence-corrected chi connectivity index (χ4v) is 4.43. The van der Waals surface area contributed by atoms with E-state index in [4.69, 9.17) is 47.9 Å². The van der Waals surface area contributed by atoms with E-state index >= 15 is 0 Å². The van der Waals surface area contributed by atoms with Crippen LogP contribution in [0.3, 0.4) is 0 Å². The lowest BCUT2D eigenvalue weighted by Gasteiger charge is -2.10. The first-order chi connectivity index (χ1) is 22.3. The van der Waals surface area contributed by atoms with E-state index in [1.54, 1.807) is 48.5 Å². The third-order valence-electron chi connectivity index (χ3n) is 6.11. The summed E-state index contributed by atoms with van der Waals surface area (Å²) in [5, 5.41) is 11.4. The molecule has 0 saturated heterocycles. The zero-order chi connectivity index (χ0) is 32.3. The van der Waals surface area contributed by atoms with Crippen molar-refractivity contribution in [2.45, 2.75) is 0 Å². The highest BCUT2D eigenvalue weighted by molar-refractivity contribution is 6.32. The highest BCUT2D eigenvalue weighted by Gasteiger charge is 2.11. The van der Waals surface area contributed by atoms with Crippen LogP contribution < -0.4 is 24.7 Å². The first kappa shape index (κ1) is 31.7. The fraction of sp³-hybridized carbons (Fsp3) is 0. The van der Waals surface area contributed by atoms with E-state index in [9.17, 15) is 10.1 Å². The number of para-hydroxylation sites is 2. The van der Waals surface area contributed by atoms with Crippen LogP contribution in [0.1, 0.15) is 0 Å². The van der Waals surface area contributed by atoms with Crippen molar-refractivity contribution in [2.75, 3.05) is 5.73 Å². The molecule has 0 spiro atoms. The van der Waals surface area contributed by atoms with Gasteiger partial charge in [0.2, 0.25) is 0 Å². The lowest BCUT2D eigenvalue weighted by atomic mass is 10.3. The van der Waals surface area contributed by atoms with Gasteiger partial charge in [0.25, 0.3) is 5.69 Å². The van der Waals surface area contributed by atoms with Crippen LogP contribution >= 0.6 is 23.2 Å². The molecule has 230 valence electrons. The van der Waals surface area contributed by atoms with Crippen LogP contribution in [0.25, 0.3) is 0 Å². The average Bonchev–Trinajstić information content (AvgIpc) is 3.05. The van der Waals surface area contributed by atoms with Crippen molar-refractivity contribution in [3.63, 3.8) is 0 Å². The van der Waals surface area contributed by atoms with Gasteiger partial charge in [0.05, 0.1) is 15.0 Å². The number of nitrogens with zero attached hydrogens (tertiary/aromatic N) is 1. The Bertz CT molecular complexity index is 1920. The molecule has 0 heterocycles. The number of halogens is 2. The van der Waals surface area contributed by atoms with Gasteiger partial charge in [0, 0.05) is 30.0 Å². The van der Waals surface area contributed by atoms with Gasteiger partial charge in [-0.1, -0.05) is 71.7 Å². The van der Waals surface area contributed by atoms with Crippen LogP contribution in [-0.4, -0.2) is 4.92 Å². The SMILES string of the molecule is Nc1ccc(Oc2cccc(Oc3ccccc3)c2)c(Cl)c1.O=[N+]([O-])c1ccc(Oc2cccc(Oc3ccccc3)c2)c(Cl)c1. The van der Waals surface area contributed by atoms with Gasteiger partial charge in [-0.3, -0.25) is 10.1 Å². The first-order valence-corrected chi connectivity index (χ1v) is 14.6. The number of nitrogen functional groups attached to an aromatic ring is 1. The van der Waals surface area contributed by atoms with E-state index in [1.807, 2.05) is 78.9 Å². The molecule has 6 aromatic rings. The Morgan fingerprint density at radius 2 is 0.891 bits per heavy atom. The molecule has 0 atom stereocenters. The second kappa shape index (κ2) is 15.3. The van der Waals surface area contributed by atoms with E-state index in [-0.39, 0.29) is 10.7 Å². The third kappa shape index (κ3) is 9.15. The Hall–Kier alpha value is -5.70. The Labute approximate surface area is 275 Å². The highest BCUT2D eigenvalue weighted by Crippen LogP contribution is 2.35. The molecule has 0 bridgehead atoms. The van der Waals surface area contributed by atoms with Crippen LogP contribution in [0, 0.1) is 10.1 Å². The van der Waals surface area contributed by atoms with Crippen molar-refractivity contribution in [2.24, 2.45) is 0 Å². The number of hydrogen-bond donors (Lipinski definition) is 1. The van der Waals surface area contributed by atoms with E-state index < -0.39 is 4.92 Å². The van der Waals surface area contributed by atoms with Crippen LogP contribution in [0.2, 0.25) is 10.0 Å². The summed E-state index contributed by atoms with van der Waals surface area (Å²) >= 11 is 12.1. The number of nitro benzene ring substituents is 1. The molecular formula is C36H26Cl2N2O6. The quantitative estimate of drug-likeness (QED) is 0.0940. The average molecular weight is 654 g/mol. The second-order valence-electron chi connectivity index (χ2n) is 9.55. The number of rotatable bonds is 9. The Morgan fingerprint density at radius 1 is 0.478 bits per heavy atom. The molecule has 6 aromatic carbocycles. The van der Waals surface area contributed by atoms with Gasteiger partial charge in [-0.25, -0.2) is 0 Å². The highest BCUT2D eigenvalue weighted by atomic mass is 35.5. The molecule has 0 fully saturated rings. The van der Waals surface area contributed by atoms with Crippen molar-refractivity contribution >= 4 is 34.6 Å². The molecular weight excluding hydrogens is 627 g/mol. The summed E-state index contributed by atoms with van der Waals surface area (Å²) in [5.41, 5.74) is 6.18. The zero-order valence-electron chi connectivity index (χ0n) is 24.1. The molecule has 8 nitrogen and oxygen atoms in total. The fourth-order valence-electron chi connectivity index (χ4n) is 3.99. The van der Waals surface area contributed by atoms with Crippen LogP contribution in [0.5, 0.6) is 46.0 Å². The molecule has 0 unspecified atom stereocenters. The summed E-state index contributed by atoms with van der Waals surface area (Å²) in [5.74, 6) is 4.81. The molecule has 0 radical (unpaired) electrons. The van der Waals surface area contributed by atoms with Gasteiger partial charge in [-0.05, 0) is 72.8 Å². The smallest absolute Gasteiger partial charge is 0.271 e. The van der Waals surface area contributed by atoms with Crippen LogP contribution in [0.4, 0.5) is 11.4 Å². The first-order valence-electron chi connectivity index (χ1n) is 13.8. The lowest BCUT2D eigenvalue weighted by Crippen LogP contribution is -1.90. The minimum Gasteiger partial charge on any atom is -0.457 e. The van der Waals surface area contributed by atoms with Crippen molar-refractivity contribution in [3.05, 3.63) is 166 Å². The molecule has 0 aliphatic heterocycles. The van der Waals surface area contributed by atoms with Gasteiger partial charge in [0.15, 0.2) is 0 Å². The number of nitro groups is 1. The minimum absolute atomic E-state index is 0.0893. The van der Waals surface area contributed by atoms with E-state index in [0.29, 0.717) is 51.0 Å². The number of nitrogens with two attached hydrogens (primary N) is 1. The maximum Gasteiger partial charge on any atom is 0.271 e. The molecule has 0 aromatic heterocycles. The normalized spacial score (nSPS) is 10.2. The molecule has 0 saturated carbocycles. The zero-order valence-corrected chi connectivity index (χ0v) is 25.6. The number of non-ortho nitro benzene ring substituents is 1. The summed E-state index contributed by atoms with van der Waals surface area (Å²) < 4.78 is 23.0. The topological polar surface area (TPSA) is 106 Å². The monoisotopic (exact) mass is 652 g/mol. The maximum atomic E-state index is 10.7. The van der Waals surface area contributed by atoms with Crippen LogP contribution in [-0.2, 0) is 0 Å². The van der Waals surface area contributed by atoms with Gasteiger partial charge >= 0.3 is 0 Å². The van der Waals surface area contributed by atoms with Crippen molar-refractivity contribution < 1.29 is 23.9 Å². The Balaban J connectivity index is 0.000000182.